The zero-order chi connectivity index (χ0) is 5.21. The first kappa shape index (κ1) is 7.30. The molecule has 4 heteroatoms. The van der Waals surface area contributed by atoms with Gasteiger partial charge in [-0.15, -0.1) is 0 Å². The summed E-state index contributed by atoms with van der Waals surface area (Å²) in [7, 11) is 0. The van der Waals surface area contributed by atoms with E-state index in [4.69, 9.17) is 33.7 Å². The fraction of sp³-hybridized carbons (Fsp3) is 1.00. The average Bonchev–Trinajstić information content (AvgIpc) is 1.35. The molecule has 0 rings (SSSR count). The van der Waals surface area contributed by atoms with E-state index >= 15 is 0 Å². The Morgan fingerprint density at radius 1 is 1.33 bits per heavy atom. The van der Waals surface area contributed by atoms with Crippen molar-refractivity contribution in [3.63, 3.8) is 0 Å². The van der Waals surface area contributed by atoms with Gasteiger partial charge in [-0.3, -0.25) is 0 Å². The molecule has 0 bridgehead atoms. The molecule has 0 nitrogen and oxygen atoms in total. The molecule has 0 aliphatic carbocycles. The van der Waals surface area contributed by atoms with E-state index in [1.165, 1.54) is 0 Å². The minimum absolute atomic E-state index is 0.706. The van der Waals surface area contributed by atoms with Gasteiger partial charge >= 0.3 is 52.1 Å². The van der Waals surface area contributed by atoms with Crippen LogP contribution in [0.3, 0.4) is 0 Å². The first-order valence-corrected chi connectivity index (χ1v) is 6.87. The Morgan fingerprint density at radius 3 is 1.50 bits per heavy atom. The van der Waals surface area contributed by atoms with Crippen molar-refractivity contribution < 1.29 is 0 Å². The van der Waals surface area contributed by atoms with E-state index in [1.807, 2.05) is 6.92 Å². The molecule has 0 N–H and O–H groups in total. The molecule has 0 spiro atoms. The van der Waals surface area contributed by atoms with Crippen LogP contribution in [0.5, 0.6) is 0 Å². The van der Waals surface area contributed by atoms with Crippen LogP contribution in [0.2, 0.25) is 0 Å². The summed E-state index contributed by atoms with van der Waals surface area (Å²) in [4.78, 5) is 0. The van der Waals surface area contributed by atoms with E-state index < -0.39 is 5.32 Å². The van der Waals surface area contributed by atoms with Gasteiger partial charge < -0.3 is 0 Å². The van der Waals surface area contributed by atoms with Crippen molar-refractivity contribution in [2.24, 2.45) is 0 Å². The third kappa shape index (κ3) is 5.30. The predicted octanol–water partition coefficient (Wildman–Crippen LogP) is 3.22. The summed E-state index contributed by atoms with van der Waals surface area (Å²) in [6.45, 7) is 1.87. The Balaban J connectivity index is 3.17. The third-order valence-electron chi connectivity index (χ3n) is 0.401. The van der Waals surface area contributed by atoms with Gasteiger partial charge in [0.2, 0.25) is 0 Å². The van der Waals surface area contributed by atoms with Crippen molar-refractivity contribution in [2.75, 3.05) is 6.16 Å². The molecule has 0 fully saturated rings. The van der Waals surface area contributed by atoms with E-state index in [0.717, 1.165) is 0 Å². The van der Waals surface area contributed by atoms with Crippen LogP contribution >= 0.6 is 39.0 Å². The summed E-state index contributed by atoms with van der Waals surface area (Å²) < 4.78 is 0. The second-order valence-electron chi connectivity index (χ2n) is 0.969. The Hall–Kier alpha value is 1.30. The number of rotatable bonds is 1. The minimum atomic E-state index is -2.21. The first-order chi connectivity index (χ1) is 2.56. The standard InChI is InChI=1S/C2H6Cl3P/c1-2-6(3,4)5/h6H,2H2,1H3. The average molecular weight is 167 g/mol. The van der Waals surface area contributed by atoms with Crippen molar-refractivity contribution in [2.45, 2.75) is 6.92 Å². The van der Waals surface area contributed by atoms with Gasteiger partial charge in [0, 0.05) is 0 Å². The first-order valence-electron chi connectivity index (χ1n) is 1.63. The van der Waals surface area contributed by atoms with Gasteiger partial charge in [-0.2, -0.15) is 0 Å². The van der Waals surface area contributed by atoms with Crippen molar-refractivity contribution in [3.8, 4) is 0 Å². The zero-order valence-electron chi connectivity index (χ0n) is 3.34. The Bertz CT molecular complexity index is 38.5. The maximum atomic E-state index is 5.39. The van der Waals surface area contributed by atoms with E-state index in [9.17, 15) is 0 Å². The van der Waals surface area contributed by atoms with Gasteiger partial charge in [-0.1, -0.05) is 0 Å². The molecule has 0 aromatic heterocycles. The number of halogens is 3. The molecule has 40 valence electrons. The Kier molecular flexibility index (Phi) is 3.13. The van der Waals surface area contributed by atoms with E-state index in [-0.39, 0.29) is 0 Å². The molecule has 0 aliphatic heterocycles. The van der Waals surface area contributed by atoms with Crippen LogP contribution in [0, 0.1) is 0 Å². The predicted molar refractivity (Wildman–Crippen MR) is 36.4 cm³/mol. The molecule has 0 saturated carbocycles. The second-order valence-corrected chi connectivity index (χ2v) is 10.5. The van der Waals surface area contributed by atoms with Crippen molar-refractivity contribution >= 4 is 39.0 Å². The molecule has 0 atom stereocenters. The van der Waals surface area contributed by atoms with E-state index in [0.29, 0.717) is 6.16 Å². The van der Waals surface area contributed by atoms with Crippen molar-refractivity contribution in [1.82, 2.24) is 0 Å². The van der Waals surface area contributed by atoms with Gasteiger partial charge in [0.15, 0.2) is 0 Å². The normalized spacial score (nSPS) is 14.7. The summed E-state index contributed by atoms with van der Waals surface area (Å²) in [5.74, 6) is 0. The summed E-state index contributed by atoms with van der Waals surface area (Å²) >= 11 is 16.2. The van der Waals surface area contributed by atoms with Crippen LogP contribution in [0.4, 0.5) is 0 Å². The van der Waals surface area contributed by atoms with E-state index in [1.54, 1.807) is 0 Å². The molecule has 0 aromatic rings. The molecule has 0 aliphatic rings. The Labute approximate surface area is 52.5 Å². The zero-order valence-corrected chi connectivity index (χ0v) is 6.61. The molecule has 0 aromatic carbocycles. The molecule has 0 saturated heterocycles. The molecular weight excluding hydrogens is 161 g/mol. The van der Waals surface area contributed by atoms with E-state index in [2.05, 4.69) is 0 Å². The summed E-state index contributed by atoms with van der Waals surface area (Å²) in [5.41, 5.74) is 0. The maximum absolute atomic E-state index is 5.39. The van der Waals surface area contributed by atoms with Crippen LogP contribution in [0.15, 0.2) is 0 Å². The monoisotopic (exact) mass is 166 g/mol. The van der Waals surface area contributed by atoms with Crippen molar-refractivity contribution in [1.29, 1.82) is 0 Å². The molecule has 6 heavy (non-hydrogen) atoms. The SMILES string of the molecule is CC[PH](Cl)(Cl)Cl. The van der Waals surface area contributed by atoms with Crippen LogP contribution < -0.4 is 0 Å². The number of hydrogen-bond donors (Lipinski definition) is 0. The fourth-order valence-electron chi connectivity index (χ4n) is 0. The van der Waals surface area contributed by atoms with Crippen molar-refractivity contribution in [3.05, 3.63) is 0 Å². The molecule has 0 radical (unpaired) electrons. The molecule has 0 unspecified atom stereocenters. The molecule has 0 amide bonds. The third-order valence-corrected chi connectivity index (χ3v) is 3.61. The topological polar surface area (TPSA) is 0 Å². The van der Waals surface area contributed by atoms with Crippen LogP contribution in [-0.2, 0) is 0 Å². The van der Waals surface area contributed by atoms with Crippen LogP contribution in [0.25, 0.3) is 0 Å². The summed E-state index contributed by atoms with van der Waals surface area (Å²) in [6.07, 6.45) is 0.706. The second kappa shape index (κ2) is 2.57. The van der Waals surface area contributed by atoms with Gasteiger partial charge in [0.05, 0.1) is 0 Å². The number of hydrogen-bond acceptors (Lipinski definition) is 0. The summed E-state index contributed by atoms with van der Waals surface area (Å²) in [5, 5.41) is -2.21. The molecule has 0 heterocycles. The van der Waals surface area contributed by atoms with Gasteiger partial charge in [0.25, 0.3) is 0 Å². The van der Waals surface area contributed by atoms with Gasteiger partial charge in [-0.25, -0.2) is 0 Å². The van der Waals surface area contributed by atoms with Crippen LogP contribution in [-0.4, -0.2) is 6.16 Å². The van der Waals surface area contributed by atoms with Crippen LogP contribution in [0.1, 0.15) is 6.92 Å². The quantitative estimate of drug-likeness (QED) is 0.526. The molecular formula is C2H6Cl3P. The van der Waals surface area contributed by atoms with Gasteiger partial charge in [0.1, 0.15) is 0 Å². The van der Waals surface area contributed by atoms with Gasteiger partial charge in [-0.05, 0) is 0 Å². The fourth-order valence-corrected chi connectivity index (χ4v) is 0. The summed E-state index contributed by atoms with van der Waals surface area (Å²) in [6, 6.07) is 0. The Morgan fingerprint density at radius 2 is 1.50 bits per heavy atom.